The zero-order valence-electron chi connectivity index (χ0n) is 16.3. The Morgan fingerprint density at radius 2 is 1.93 bits per heavy atom. The van der Waals surface area contributed by atoms with Crippen molar-refractivity contribution in [1.29, 1.82) is 0 Å². The standard InChI is InChI=1S/C22H29N3OS/c1-16(2)25-14-18-12-20(27-21(18)15-25)22(26)23-19-8-10-24(11-9-19)13-17-6-4-3-5-7-17/h3-7,12,16,19H,8-11,13-15H2,1-2H3,(H,23,26). The maximum Gasteiger partial charge on any atom is 0.261 e. The Bertz CT molecular complexity index is 755. The highest BCUT2D eigenvalue weighted by atomic mass is 32.1. The monoisotopic (exact) mass is 383 g/mol. The lowest BCUT2D eigenvalue weighted by Gasteiger charge is -2.32. The molecule has 1 aromatic carbocycles. The van der Waals surface area contributed by atoms with E-state index in [4.69, 9.17) is 0 Å². The number of amides is 1. The molecule has 0 aliphatic carbocycles. The lowest BCUT2D eigenvalue weighted by Crippen LogP contribution is -2.44. The second kappa shape index (κ2) is 8.13. The maximum absolute atomic E-state index is 12.7. The molecule has 2 aliphatic heterocycles. The van der Waals surface area contributed by atoms with Gasteiger partial charge in [-0.2, -0.15) is 0 Å². The number of carbonyl (C=O) groups is 1. The van der Waals surface area contributed by atoms with Gasteiger partial charge in [0.1, 0.15) is 0 Å². The average Bonchev–Trinajstić information content (AvgIpc) is 3.23. The van der Waals surface area contributed by atoms with Crippen molar-refractivity contribution < 1.29 is 4.79 Å². The van der Waals surface area contributed by atoms with Gasteiger partial charge in [0.2, 0.25) is 0 Å². The molecule has 27 heavy (non-hydrogen) atoms. The molecule has 1 aromatic heterocycles. The Labute approximate surface area is 166 Å². The van der Waals surface area contributed by atoms with Crippen molar-refractivity contribution in [2.45, 2.75) is 58.4 Å². The Kier molecular flexibility index (Phi) is 5.62. The van der Waals surface area contributed by atoms with Gasteiger partial charge in [-0.15, -0.1) is 11.3 Å². The minimum atomic E-state index is 0.118. The third-order valence-electron chi connectivity index (χ3n) is 5.74. The number of piperidine rings is 1. The molecule has 0 radical (unpaired) electrons. The third-order valence-corrected chi connectivity index (χ3v) is 6.90. The Morgan fingerprint density at radius 1 is 1.19 bits per heavy atom. The molecule has 1 saturated heterocycles. The predicted molar refractivity (Wildman–Crippen MR) is 111 cm³/mol. The van der Waals surface area contributed by atoms with Crippen LogP contribution in [0.15, 0.2) is 36.4 Å². The fourth-order valence-electron chi connectivity index (χ4n) is 4.00. The fraction of sp³-hybridized carbons (Fsp3) is 0.500. The highest BCUT2D eigenvalue weighted by Gasteiger charge is 2.27. The van der Waals surface area contributed by atoms with Gasteiger partial charge in [0.25, 0.3) is 5.91 Å². The van der Waals surface area contributed by atoms with Crippen molar-refractivity contribution in [3.8, 4) is 0 Å². The van der Waals surface area contributed by atoms with Crippen molar-refractivity contribution >= 4 is 17.2 Å². The van der Waals surface area contributed by atoms with Crippen LogP contribution in [0.5, 0.6) is 0 Å². The van der Waals surface area contributed by atoms with Gasteiger partial charge in [0, 0.05) is 49.7 Å². The van der Waals surface area contributed by atoms with E-state index in [0.29, 0.717) is 12.1 Å². The van der Waals surface area contributed by atoms with Crippen molar-refractivity contribution in [2.24, 2.45) is 0 Å². The first-order valence-electron chi connectivity index (χ1n) is 10.0. The number of hydrogen-bond acceptors (Lipinski definition) is 4. The lowest BCUT2D eigenvalue weighted by molar-refractivity contribution is 0.0913. The molecule has 3 heterocycles. The molecule has 4 rings (SSSR count). The van der Waals surface area contributed by atoms with Gasteiger partial charge in [-0.25, -0.2) is 0 Å². The molecule has 144 valence electrons. The Morgan fingerprint density at radius 3 is 2.59 bits per heavy atom. The Hall–Kier alpha value is -1.69. The van der Waals surface area contributed by atoms with Gasteiger partial charge in [-0.05, 0) is 43.9 Å². The van der Waals surface area contributed by atoms with Crippen LogP contribution in [0, 0.1) is 0 Å². The van der Waals surface area contributed by atoms with E-state index in [1.165, 1.54) is 16.0 Å². The van der Waals surface area contributed by atoms with E-state index in [2.05, 4.69) is 65.4 Å². The molecular weight excluding hydrogens is 354 g/mol. The van der Waals surface area contributed by atoms with Crippen molar-refractivity contribution in [1.82, 2.24) is 15.1 Å². The molecule has 0 spiro atoms. The van der Waals surface area contributed by atoms with E-state index in [1.807, 2.05) is 0 Å². The first-order chi connectivity index (χ1) is 13.1. The molecule has 0 saturated carbocycles. The Balaban J connectivity index is 1.26. The van der Waals surface area contributed by atoms with Gasteiger partial charge in [0.15, 0.2) is 0 Å². The molecule has 1 N–H and O–H groups in total. The number of thiophene rings is 1. The zero-order valence-corrected chi connectivity index (χ0v) is 17.1. The van der Waals surface area contributed by atoms with Crippen LogP contribution in [-0.4, -0.2) is 40.9 Å². The van der Waals surface area contributed by atoms with Gasteiger partial charge in [0.05, 0.1) is 4.88 Å². The SMILES string of the molecule is CC(C)N1Cc2cc(C(=O)NC3CCN(Cc4ccccc4)CC3)sc2C1. The topological polar surface area (TPSA) is 35.6 Å². The molecule has 4 nitrogen and oxygen atoms in total. The van der Waals surface area contributed by atoms with E-state index in [1.54, 1.807) is 11.3 Å². The van der Waals surface area contributed by atoms with Crippen molar-refractivity contribution in [3.63, 3.8) is 0 Å². The van der Waals surface area contributed by atoms with Crippen LogP contribution < -0.4 is 5.32 Å². The molecule has 0 bridgehead atoms. The van der Waals surface area contributed by atoms with Gasteiger partial charge in [-0.3, -0.25) is 14.6 Å². The third kappa shape index (κ3) is 4.42. The van der Waals surface area contributed by atoms with Crippen LogP contribution in [-0.2, 0) is 19.6 Å². The molecular formula is C22H29N3OS. The van der Waals surface area contributed by atoms with E-state index in [9.17, 15) is 4.79 Å². The van der Waals surface area contributed by atoms with Crippen LogP contribution in [0.2, 0.25) is 0 Å². The number of hydrogen-bond donors (Lipinski definition) is 1. The van der Waals surface area contributed by atoms with Crippen LogP contribution >= 0.6 is 11.3 Å². The van der Waals surface area contributed by atoms with Crippen LogP contribution in [0.1, 0.15) is 52.4 Å². The van der Waals surface area contributed by atoms with Crippen LogP contribution in [0.25, 0.3) is 0 Å². The quantitative estimate of drug-likeness (QED) is 0.851. The highest BCUT2D eigenvalue weighted by Crippen LogP contribution is 2.32. The number of likely N-dealkylation sites (tertiary alicyclic amines) is 1. The molecule has 1 fully saturated rings. The second-order valence-corrected chi connectivity index (χ2v) is 9.20. The van der Waals surface area contributed by atoms with E-state index in [0.717, 1.165) is 50.4 Å². The summed E-state index contributed by atoms with van der Waals surface area (Å²) in [6, 6.07) is 13.6. The number of carbonyl (C=O) groups excluding carboxylic acids is 1. The second-order valence-electron chi connectivity index (χ2n) is 8.07. The fourth-order valence-corrected chi connectivity index (χ4v) is 5.11. The number of nitrogens with zero attached hydrogens (tertiary/aromatic N) is 2. The summed E-state index contributed by atoms with van der Waals surface area (Å²) in [4.78, 5) is 19.9. The summed E-state index contributed by atoms with van der Waals surface area (Å²) in [5.74, 6) is 0.118. The van der Waals surface area contributed by atoms with Gasteiger partial charge in [-0.1, -0.05) is 30.3 Å². The number of benzene rings is 1. The summed E-state index contributed by atoms with van der Waals surface area (Å²) < 4.78 is 0. The largest absolute Gasteiger partial charge is 0.349 e. The average molecular weight is 384 g/mol. The zero-order chi connectivity index (χ0) is 18.8. The number of fused-ring (bicyclic) bond motifs is 1. The normalized spacial score (nSPS) is 18.8. The summed E-state index contributed by atoms with van der Waals surface area (Å²) >= 11 is 1.68. The van der Waals surface area contributed by atoms with E-state index < -0.39 is 0 Å². The maximum atomic E-state index is 12.7. The minimum absolute atomic E-state index is 0.118. The minimum Gasteiger partial charge on any atom is -0.349 e. The molecule has 2 aromatic rings. The first kappa shape index (κ1) is 18.7. The van der Waals surface area contributed by atoms with E-state index >= 15 is 0 Å². The summed E-state index contributed by atoms with van der Waals surface area (Å²) in [6.45, 7) is 9.53. The summed E-state index contributed by atoms with van der Waals surface area (Å²) in [7, 11) is 0. The molecule has 2 aliphatic rings. The molecule has 1 amide bonds. The van der Waals surface area contributed by atoms with Crippen molar-refractivity contribution in [2.75, 3.05) is 13.1 Å². The summed E-state index contributed by atoms with van der Waals surface area (Å²) in [5, 5.41) is 3.27. The summed E-state index contributed by atoms with van der Waals surface area (Å²) in [5.41, 5.74) is 2.71. The first-order valence-corrected chi connectivity index (χ1v) is 10.8. The highest BCUT2D eigenvalue weighted by molar-refractivity contribution is 7.14. The van der Waals surface area contributed by atoms with Crippen molar-refractivity contribution in [3.05, 3.63) is 57.3 Å². The lowest BCUT2D eigenvalue weighted by atomic mass is 10.0. The van der Waals surface area contributed by atoms with Crippen LogP contribution in [0.3, 0.4) is 0 Å². The predicted octanol–water partition coefficient (Wildman–Crippen LogP) is 3.87. The van der Waals surface area contributed by atoms with Crippen LogP contribution in [0.4, 0.5) is 0 Å². The van der Waals surface area contributed by atoms with E-state index in [-0.39, 0.29) is 5.91 Å². The summed E-state index contributed by atoms with van der Waals surface area (Å²) in [6.07, 6.45) is 2.07. The van der Waals surface area contributed by atoms with Gasteiger partial charge >= 0.3 is 0 Å². The number of nitrogens with one attached hydrogen (secondary N) is 1. The smallest absolute Gasteiger partial charge is 0.261 e. The number of rotatable bonds is 5. The molecule has 0 atom stereocenters. The molecule has 5 heteroatoms. The van der Waals surface area contributed by atoms with Gasteiger partial charge < -0.3 is 5.32 Å². The molecule has 0 unspecified atom stereocenters.